The monoisotopic (exact) mass is 265 g/mol. The fourth-order valence-electron chi connectivity index (χ4n) is 2.48. The van der Waals surface area contributed by atoms with Gasteiger partial charge in [-0.3, -0.25) is 4.90 Å². The van der Waals surface area contributed by atoms with Gasteiger partial charge in [0.25, 0.3) is 0 Å². The van der Waals surface area contributed by atoms with Gasteiger partial charge in [-0.25, -0.2) is 0 Å². The van der Waals surface area contributed by atoms with Crippen molar-refractivity contribution in [3.8, 4) is 11.5 Å². The summed E-state index contributed by atoms with van der Waals surface area (Å²) in [5.74, 6) is 1.73. The van der Waals surface area contributed by atoms with Crippen LogP contribution in [0.1, 0.15) is 19.8 Å². The van der Waals surface area contributed by atoms with Gasteiger partial charge in [0.2, 0.25) is 0 Å². The molecule has 1 aliphatic heterocycles. The van der Waals surface area contributed by atoms with Crippen LogP contribution < -0.4 is 9.47 Å². The van der Waals surface area contributed by atoms with Crippen LogP contribution >= 0.6 is 0 Å². The van der Waals surface area contributed by atoms with Gasteiger partial charge < -0.3 is 14.6 Å². The molecule has 1 N–H and O–H groups in total. The summed E-state index contributed by atoms with van der Waals surface area (Å²) >= 11 is 0. The van der Waals surface area contributed by atoms with Crippen molar-refractivity contribution >= 4 is 0 Å². The van der Waals surface area contributed by atoms with E-state index >= 15 is 0 Å². The number of likely N-dealkylation sites (tertiary alicyclic amines) is 1. The van der Waals surface area contributed by atoms with E-state index in [1.807, 2.05) is 31.2 Å². The summed E-state index contributed by atoms with van der Waals surface area (Å²) in [4.78, 5) is 2.30. The van der Waals surface area contributed by atoms with Crippen LogP contribution in [0.2, 0.25) is 0 Å². The minimum absolute atomic E-state index is 0.253. The highest BCUT2D eigenvalue weighted by Crippen LogP contribution is 2.19. The highest BCUT2D eigenvalue weighted by molar-refractivity contribution is 5.31. The highest BCUT2D eigenvalue weighted by atomic mass is 16.5. The second kappa shape index (κ2) is 7.36. The lowest BCUT2D eigenvalue weighted by atomic mass is 10.2. The second-order valence-electron chi connectivity index (χ2n) is 4.77. The highest BCUT2D eigenvalue weighted by Gasteiger charge is 2.22. The molecule has 106 valence electrons. The number of hydrogen-bond acceptors (Lipinski definition) is 4. The van der Waals surface area contributed by atoms with Crippen LogP contribution in [0.25, 0.3) is 0 Å². The van der Waals surface area contributed by atoms with Crippen molar-refractivity contribution in [1.29, 1.82) is 0 Å². The van der Waals surface area contributed by atoms with Crippen LogP contribution in [-0.2, 0) is 0 Å². The molecular formula is C15H23NO3. The van der Waals surface area contributed by atoms with Crippen molar-refractivity contribution in [3.05, 3.63) is 24.3 Å². The van der Waals surface area contributed by atoms with Crippen LogP contribution in [0.3, 0.4) is 0 Å². The SMILES string of the molecule is CCOc1ccc(OCCN2CCCC2CO)cc1. The Bertz CT molecular complexity index is 366. The Morgan fingerprint density at radius 2 is 1.89 bits per heavy atom. The molecule has 1 fully saturated rings. The van der Waals surface area contributed by atoms with Gasteiger partial charge in [0.15, 0.2) is 0 Å². The lowest BCUT2D eigenvalue weighted by Crippen LogP contribution is -2.35. The van der Waals surface area contributed by atoms with Gasteiger partial charge in [0.1, 0.15) is 18.1 Å². The maximum Gasteiger partial charge on any atom is 0.119 e. The first-order valence-corrected chi connectivity index (χ1v) is 7.04. The molecule has 0 bridgehead atoms. The molecule has 1 atom stereocenters. The normalized spacial score (nSPS) is 19.6. The molecule has 19 heavy (non-hydrogen) atoms. The molecule has 1 aliphatic rings. The Hall–Kier alpha value is -1.26. The van der Waals surface area contributed by atoms with Crippen LogP contribution in [0.5, 0.6) is 11.5 Å². The Kier molecular flexibility index (Phi) is 5.48. The van der Waals surface area contributed by atoms with E-state index in [0.717, 1.165) is 31.0 Å². The third-order valence-electron chi connectivity index (χ3n) is 3.49. The third kappa shape index (κ3) is 4.11. The quantitative estimate of drug-likeness (QED) is 0.818. The molecule has 1 heterocycles. The van der Waals surface area contributed by atoms with Crippen LogP contribution in [0.15, 0.2) is 24.3 Å². The molecule has 0 radical (unpaired) electrons. The second-order valence-corrected chi connectivity index (χ2v) is 4.77. The van der Waals surface area contributed by atoms with Crippen LogP contribution in [0, 0.1) is 0 Å². The topological polar surface area (TPSA) is 41.9 Å². The van der Waals surface area contributed by atoms with Crippen LogP contribution in [-0.4, -0.2) is 49.0 Å². The van der Waals surface area contributed by atoms with Gasteiger partial charge in [-0.1, -0.05) is 0 Å². The Labute approximate surface area is 114 Å². The van der Waals surface area contributed by atoms with E-state index in [1.165, 1.54) is 6.42 Å². The van der Waals surface area contributed by atoms with E-state index in [1.54, 1.807) is 0 Å². The third-order valence-corrected chi connectivity index (χ3v) is 3.49. The summed E-state index contributed by atoms with van der Waals surface area (Å²) in [5, 5.41) is 9.24. The van der Waals surface area contributed by atoms with Gasteiger partial charge >= 0.3 is 0 Å². The molecule has 1 unspecified atom stereocenters. The van der Waals surface area contributed by atoms with Gasteiger partial charge in [0.05, 0.1) is 13.2 Å². The smallest absolute Gasteiger partial charge is 0.119 e. The summed E-state index contributed by atoms with van der Waals surface area (Å²) in [6.07, 6.45) is 2.27. The minimum Gasteiger partial charge on any atom is -0.494 e. The maximum atomic E-state index is 9.24. The van der Waals surface area contributed by atoms with E-state index in [-0.39, 0.29) is 6.61 Å². The van der Waals surface area contributed by atoms with Crippen molar-refractivity contribution < 1.29 is 14.6 Å². The summed E-state index contributed by atoms with van der Waals surface area (Å²) in [6.45, 7) is 5.50. The van der Waals surface area contributed by atoms with E-state index < -0.39 is 0 Å². The van der Waals surface area contributed by atoms with Crippen molar-refractivity contribution in [2.24, 2.45) is 0 Å². The Balaban J connectivity index is 1.73. The van der Waals surface area contributed by atoms with E-state index in [2.05, 4.69) is 4.90 Å². The summed E-state index contributed by atoms with van der Waals surface area (Å²) < 4.78 is 11.1. The zero-order valence-corrected chi connectivity index (χ0v) is 11.5. The van der Waals surface area contributed by atoms with E-state index in [9.17, 15) is 5.11 Å². The Morgan fingerprint density at radius 1 is 1.21 bits per heavy atom. The molecule has 0 amide bonds. The minimum atomic E-state index is 0.253. The molecule has 1 aromatic rings. The standard InChI is InChI=1S/C15H23NO3/c1-2-18-14-5-7-15(8-6-14)19-11-10-16-9-3-4-13(16)12-17/h5-8,13,17H,2-4,9-12H2,1H3. The summed E-state index contributed by atoms with van der Waals surface area (Å²) in [6, 6.07) is 8.02. The lowest BCUT2D eigenvalue weighted by molar-refractivity contribution is 0.139. The average molecular weight is 265 g/mol. The number of ether oxygens (including phenoxy) is 2. The lowest BCUT2D eigenvalue weighted by Gasteiger charge is -2.22. The van der Waals surface area contributed by atoms with Gasteiger partial charge in [-0.15, -0.1) is 0 Å². The van der Waals surface area contributed by atoms with E-state index in [4.69, 9.17) is 9.47 Å². The molecule has 0 aliphatic carbocycles. The van der Waals surface area contributed by atoms with Crippen molar-refractivity contribution in [2.75, 3.05) is 32.9 Å². The zero-order chi connectivity index (χ0) is 13.5. The Morgan fingerprint density at radius 3 is 2.53 bits per heavy atom. The molecular weight excluding hydrogens is 242 g/mol. The first kappa shape index (κ1) is 14.2. The molecule has 2 rings (SSSR count). The van der Waals surface area contributed by atoms with Crippen molar-refractivity contribution in [3.63, 3.8) is 0 Å². The van der Waals surface area contributed by atoms with E-state index in [0.29, 0.717) is 19.3 Å². The molecule has 4 nitrogen and oxygen atoms in total. The number of rotatable bonds is 7. The number of nitrogens with zero attached hydrogens (tertiary/aromatic N) is 1. The predicted octanol–water partition coefficient (Wildman–Crippen LogP) is 1.92. The molecule has 1 saturated heterocycles. The van der Waals surface area contributed by atoms with Crippen molar-refractivity contribution in [2.45, 2.75) is 25.8 Å². The van der Waals surface area contributed by atoms with Gasteiger partial charge in [-0.2, -0.15) is 0 Å². The first-order chi connectivity index (χ1) is 9.33. The van der Waals surface area contributed by atoms with Gasteiger partial charge in [-0.05, 0) is 50.6 Å². The molecule has 0 aromatic heterocycles. The maximum absolute atomic E-state index is 9.24. The van der Waals surface area contributed by atoms with Gasteiger partial charge in [0, 0.05) is 12.6 Å². The fourth-order valence-corrected chi connectivity index (χ4v) is 2.48. The predicted molar refractivity (Wildman–Crippen MR) is 74.8 cm³/mol. The number of aliphatic hydroxyl groups excluding tert-OH is 1. The molecule has 0 saturated carbocycles. The number of hydrogen-bond donors (Lipinski definition) is 1. The fraction of sp³-hybridized carbons (Fsp3) is 0.600. The molecule has 4 heteroatoms. The number of aliphatic hydroxyl groups is 1. The summed E-state index contributed by atoms with van der Waals surface area (Å²) in [7, 11) is 0. The first-order valence-electron chi connectivity index (χ1n) is 7.04. The molecule has 1 aromatic carbocycles. The zero-order valence-electron chi connectivity index (χ0n) is 11.5. The van der Waals surface area contributed by atoms with Crippen LogP contribution in [0.4, 0.5) is 0 Å². The van der Waals surface area contributed by atoms with Crippen molar-refractivity contribution in [1.82, 2.24) is 4.90 Å². The summed E-state index contributed by atoms with van der Waals surface area (Å²) in [5.41, 5.74) is 0. The molecule has 0 spiro atoms. The largest absolute Gasteiger partial charge is 0.494 e. The number of benzene rings is 1. The average Bonchev–Trinajstić information content (AvgIpc) is 2.88.